The number of hydrogen-bond donors (Lipinski definition) is 2. The van der Waals surface area contributed by atoms with E-state index in [1.807, 2.05) is 13.8 Å². The SMILES string of the molecule is COc1cc(NC(=O)CNC(=O)CC(C)C)c(OC)cc1Cl. The number of carbonyl (C=O) groups is 2. The van der Waals surface area contributed by atoms with E-state index >= 15 is 0 Å². The van der Waals surface area contributed by atoms with Crippen LogP contribution in [0.2, 0.25) is 5.02 Å². The largest absolute Gasteiger partial charge is 0.495 e. The van der Waals surface area contributed by atoms with E-state index in [0.717, 1.165) is 0 Å². The molecule has 0 aromatic heterocycles. The predicted octanol–water partition coefficient (Wildman–Crippen LogP) is 2.46. The smallest absolute Gasteiger partial charge is 0.243 e. The van der Waals surface area contributed by atoms with Crippen molar-refractivity contribution in [3.05, 3.63) is 17.2 Å². The number of methoxy groups -OCH3 is 2. The number of rotatable bonds is 7. The number of anilines is 1. The van der Waals surface area contributed by atoms with Crippen LogP contribution >= 0.6 is 11.6 Å². The van der Waals surface area contributed by atoms with Crippen LogP contribution in [0.4, 0.5) is 5.69 Å². The normalized spacial score (nSPS) is 10.3. The minimum atomic E-state index is -0.361. The Morgan fingerprint density at radius 3 is 2.32 bits per heavy atom. The third-order valence-electron chi connectivity index (χ3n) is 2.79. The zero-order chi connectivity index (χ0) is 16.7. The molecule has 0 aliphatic heterocycles. The van der Waals surface area contributed by atoms with Gasteiger partial charge in [0.1, 0.15) is 11.5 Å². The fraction of sp³-hybridized carbons (Fsp3) is 0.467. The van der Waals surface area contributed by atoms with Gasteiger partial charge >= 0.3 is 0 Å². The summed E-state index contributed by atoms with van der Waals surface area (Å²) in [5, 5.41) is 5.59. The van der Waals surface area contributed by atoms with Gasteiger partial charge in [0, 0.05) is 18.6 Å². The molecule has 0 heterocycles. The summed E-state index contributed by atoms with van der Waals surface area (Å²) in [6.45, 7) is 3.76. The number of hydrogen-bond acceptors (Lipinski definition) is 4. The van der Waals surface area contributed by atoms with Gasteiger partial charge in [-0.3, -0.25) is 9.59 Å². The molecule has 7 heteroatoms. The number of halogens is 1. The Labute approximate surface area is 135 Å². The van der Waals surface area contributed by atoms with Gasteiger partial charge in [-0.15, -0.1) is 0 Å². The molecule has 0 aliphatic carbocycles. The van der Waals surface area contributed by atoms with Crippen LogP contribution in [0.3, 0.4) is 0 Å². The molecule has 0 saturated heterocycles. The Bertz CT molecular complexity index is 547. The van der Waals surface area contributed by atoms with E-state index in [9.17, 15) is 9.59 Å². The lowest BCUT2D eigenvalue weighted by atomic mass is 10.1. The molecule has 0 bridgehead atoms. The topological polar surface area (TPSA) is 76.7 Å². The van der Waals surface area contributed by atoms with Crippen molar-refractivity contribution in [3.8, 4) is 11.5 Å². The Hall–Kier alpha value is -1.95. The molecule has 2 N–H and O–H groups in total. The molecule has 1 rings (SSSR count). The number of amides is 2. The fourth-order valence-electron chi connectivity index (χ4n) is 1.77. The minimum Gasteiger partial charge on any atom is -0.495 e. The van der Waals surface area contributed by atoms with Gasteiger partial charge in [0.25, 0.3) is 0 Å². The highest BCUT2D eigenvalue weighted by molar-refractivity contribution is 6.32. The standard InChI is InChI=1S/C15H21ClN2O4/c1-9(2)5-14(19)17-8-15(20)18-11-7-12(21-3)10(16)6-13(11)22-4/h6-7,9H,5,8H2,1-4H3,(H,17,19)(H,18,20). The highest BCUT2D eigenvalue weighted by atomic mass is 35.5. The second-order valence-electron chi connectivity index (χ2n) is 5.11. The van der Waals surface area contributed by atoms with Crippen LogP contribution in [0.15, 0.2) is 12.1 Å². The summed E-state index contributed by atoms with van der Waals surface area (Å²) in [4.78, 5) is 23.4. The van der Waals surface area contributed by atoms with Crippen LogP contribution in [0, 0.1) is 5.92 Å². The summed E-state index contributed by atoms with van der Waals surface area (Å²) >= 11 is 5.99. The first kappa shape index (κ1) is 18.1. The van der Waals surface area contributed by atoms with Crippen molar-refractivity contribution < 1.29 is 19.1 Å². The molecule has 0 saturated carbocycles. The van der Waals surface area contributed by atoms with E-state index in [4.69, 9.17) is 21.1 Å². The van der Waals surface area contributed by atoms with Crippen molar-refractivity contribution in [3.63, 3.8) is 0 Å². The number of benzene rings is 1. The first-order chi connectivity index (χ1) is 10.4. The lowest BCUT2D eigenvalue weighted by molar-refractivity contribution is -0.124. The van der Waals surface area contributed by atoms with Crippen LogP contribution in [-0.4, -0.2) is 32.6 Å². The highest BCUT2D eigenvalue weighted by Gasteiger charge is 2.13. The first-order valence-corrected chi connectivity index (χ1v) is 7.23. The predicted molar refractivity (Wildman–Crippen MR) is 85.7 cm³/mol. The van der Waals surface area contributed by atoms with E-state index in [0.29, 0.717) is 28.6 Å². The molecule has 122 valence electrons. The quantitative estimate of drug-likeness (QED) is 0.806. The van der Waals surface area contributed by atoms with Gasteiger partial charge in [0.2, 0.25) is 11.8 Å². The second-order valence-corrected chi connectivity index (χ2v) is 5.52. The van der Waals surface area contributed by atoms with Crippen molar-refractivity contribution in [2.45, 2.75) is 20.3 Å². The summed E-state index contributed by atoms with van der Waals surface area (Å²) in [5.74, 6) is 0.545. The summed E-state index contributed by atoms with van der Waals surface area (Å²) in [6.07, 6.45) is 0.380. The van der Waals surface area contributed by atoms with Crippen LogP contribution in [-0.2, 0) is 9.59 Å². The van der Waals surface area contributed by atoms with E-state index in [1.54, 1.807) is 12.1 Å². The zero-order valence-electron chi connectivity index (χ0n) is 13.2. The Morgan fingerprint density at radius 1 is 1.14 bits per heavy atom. The van der Waals surface area contributed by atoms with Gasteiger partial charge in [-0.25, -0.2) is 0 Å². The van der Waals surface area contributed by atoms with E-state index in [-0.39, 0.29) is 24.3 Å². The molecule has 0 radical (unpaired) electrons. The van der Waals surface area contributed by atoms with E-state index in [1.165, 1.54) is 14.2 Å². The van der Waals surface area contributed by atoms with Gasteiger partial charge in [0.05, 0.1) is 31.5 Å². The average molecular weight is 329 g/mol. The Kier molecular flexibility index (Phi) is 6.98. The highest BCUT2D eigenvalue weighted by Crippen LogP contribution is 2.35. The zero-order valence-corrected chi connectivity index (χ0v) is 13.9. The van der Waals surface area contributed by atoms with Gasteiger partial charge < -0.3 is 20.1 Å². The lowest BCUT2D eigenvalue weighted by Gasteiger charge is -2.13. The molecule has 0 unspecified atom stereocenters. The van der Waals surface area contributed by atoms with Gasteiger partial charge in [0.15, 0.2) is 0 Å². The summed E-state index contributed by atoms with van der Waals surface area (Å²) < 4.78 is 10.3. The van der Waals surface area contributed by atoms with E-state index in [2.05, 4.69) is 10.6 Å². The summed E-state index contributed by atoms with van der Waals surface area (Å²) in [7, 11) is 2.95. The molecule has 0 atom stereocenters. The molecular weight excluding hydrogens is 308 g/mol. The molecule has 0 aliphatic rings. The maximum absolute atomic E-state index is 11.9. The van der Waals surface area contributed by atoms with Crippen LogP contribution < -0.4 is 20.1 Å². The lowest BCUT2D eigenvalue weighted by Crippen LogP contribution is -2.33. The maximum Gasteiger partial charge on any atom is 0.243 e. The Morgan fingerprint density at radius 2 is 1.77 bits per heavy atom. The molecule has 0 spiro atoms. The van der Waals surface area contributed by atoms with E-state index < -0.39 is 0 Å². The number of ether oxygens (including phenoxy) is 2. The molecule has 1 aromatic carbocycles. The molecule has 6 nitrogen and oxygen atoms in total. The maximum atomic E-state index is 11.9. The van der Waals surface area contributed by atoms with Crippen molar-refractivity contribution in [2.75, 3.05) is 26.1 Å². The Balaban J connectivity index is 2.69. The molecular formula is C15H21ClN2O4. The van der Waals surface area contributed by atoms with Crippen LogP contribution in [0.25, 0.3) is 0 Å². The van der Waals surface area contributed by atoms with Gasteiger partial charge in [-0.1, -0.05) is 25.4 Å². The summed E-state index contributed by atoms with van der Waals surface area (Å²) in [6, 6.07) is 3.11. The first-order valence-electron chi connectivity index (χ1n) is 6.85. The number of carbonyl (C=O) groups excluding carboxylic acids is 2. The third-order valence-corrected chi connectivity index (χ3v) is 3.08. The second kappa shape index (κ2) is 8.48. The van der Waals surface area contributed by atoms with Crippen LogP contribution in [0.1, 0.15) is 20.3 Å². The fourth-order valence-corrected chi connectivity index (χ4v) is 2.01. The number of nitrogens with one attached hydrogen (secondary N) is 2. The van der Waals surface area contributed by atoms with Crippen LogP contribution in [0.5, 0.6) is 11.5 Å². The van der Waals surface area contributed by atoms with Gasteiger partial charge in [-0.2, -0.15) is 0 Å². The molecule has 2 amide bonds. The average Bonchev–Trinajstić information content (AvgIpc) is 2.45. The van der Waals surface area contributed by atoms with Gasteiger partial charge in [-0.05, 0) is 5.92 Å². The molecule has 0 fully saturated rings. The van der Waals surface area contributed by atoms with Crippen molar-refractivity contribution in [1.29, 1.82) is 0 Å². The summed E-state index contributed by atoms with van der Waals surface area (Å²) in [5.41, 5.74) is 0.423. The minimum absolute atomic E-state index is 0.111. The third kappa shape index (κ3) is 5.44. The van der Waals surface area contributed by atoms with Crippen molar-refractivity contribution in [1.82, 2.24) is 5.32 Å². The molecule has 1 aromatic rings. The van der Waals surface area contributed by atoms with Crippen molar-refractivity contribution >= 4 is 29.1 Å². The monoisotopic (exact) mass is 328 g/mol. The van der Waals surface area contributed by atoms with Crippen molar-refractivity contribution in [2.24, 2.45) is 5.92 Å². The molecule has 22 heavy (non-hydrogen) atoms.